The van der Waals surface area contributed by atoms with E-state index in [9.17, 15) is 23.2 Å². The van der Waals surface area contributed by atoms with E-state index in [-0.39, 0.29) is 22.6 Å². The number of ether oxygens (including phenoxy) is 1. The second kappa shape index (κ2) is 9.67. The number of nitrogens with one attached hydrogen (secondary N) is 1. The summed E-state index contributed by atoms with van der Waals surface area (Å²) >= 11 is 6.93. The van der Waals surface area contributed by atoms with Crippen molar-refractivity contribution in [1.82, 2.24) is 9.97 Å². The second-order valence-corrected chi connectivity index (χ2v) is 8.13. The highest BCUT2D eigenvalue weighted by Crippen LogP contribution is 2.38. The van der Waals surface area contributed by atoms with Gasteiger partial charge in [-0.15, -0.1) is 0 Å². The molecular weight excluding hydrogens is 463 g/mol. The molecule has 0 aliphatic rings. The highest BCUT2D eigenvalue weighted by atomic mass is 35.5. The molecule has 10 heteroatoms. The predicted molar refractivity (Wildman–Crippen MR) is 116 cm³/mol. The summed E-state index contributed by atoms with van der Waals surface area (Å²) in [5.41, 5.74) is 1.02. The lowest BCUT2D eigenvalue weighted by Gasteiger charge is -2.13. The van der Waals surface area contributed by atoms with Crippen LogP contribution in [0, 0.1) is 18.3 Å². The predicted octanol–water partition coefficient (Wildman–Crippen LogP) is 6.27. The molecule has 1 heterocycles. The first kappa shape index (κ1) is 23.7. The average molecular weight is 480 g/mol. The zero-order valence-corrected chi connectivity index (χ0v) is 18.6. The van der Waals surface area contributed by atoms with Crippen LogP contribution in [0.5, 0.6) is 11.5 Å². The van der Waals surface area contributed by atoms with E-state index in [0.717, 1.165) is 17.7 Å². The summed E-state index contributed by atoms with van der Waals surface area (Å²) in [6.45, 7) is 3.66. The number of aromatic amines is 1. The molecule has 0 aliphatic heterocycles. The van der Waals surface area contributed by atoms with E-state index in [1.165, 1.54) is 23.9 Å². The van der Waals surface area contributed by atoms with Gasteiger partial charge in [-0.05, 0) is 49.2 Å². The van der Waals surface area contributed by atoms with E-state index >= 15 is 0 Å². The van der Waals surface area contributed by atoms with Crippen LogP contribution in [0.1, 0.15) is 34.9 Å². The summed E-state index contributed by atoms with van der Waals surface area (Å²) < 4.78 is 44.7. The van der Waals surface area contributed by atoms with Crippen LogP contribution in [0.2, 0.25) is 5.02 Å². The number of benzene rings is 2. The molecule has 0 radical (unpaired) electrons. The molecule has 3 aromatic rings. The van der Waals surface area contributed by atoms with Crippen LogP contribution >= 0.6 is 23.4 Å². The Morgan fingerprint density at radius 3 is 2.62 bits per heavy atom. The topological polar surface area (TPSA) is 78.8 Å². The van der Waals surface area contributed by atoms with Gasteiger partial charge in [0.15, 0.2) is 5.16 Å². The Bertz CT molecular complexity index is 1250. The van der Waals surface area contributed by atoms with E-state index in [1.807, 2.05) is 13.0 Å². The van der Waals surface area contributed by atoms with Gasteiger partial charge in [-0.3, -0.25) is 4.79 Å². The number of thioether (sulfide) groups is 1. The molecule has 1 N–H and O–H groups in total. The minimum atomic E-state index is -4.63. The molecular formula is C22H17ClF3N3O2S. The molecule has 32 heavy (non-hydrogen) atoms. The standard InChI is InChI=1S/C22H17ClF3N3O2S/c1-3-16-12(2)28-21(29-20(16)30)32-11-13-4-7-19(14(8-13)10-27)31-15-5-6-18(23)17(9-15)22(24,25)26/h4-9H,3,11H2,1-2H3,(H,28,29,30). The molecule has 0 spiro atoms. The summed E-state index contributed by atoms with van der Waals surface area (Å²) in [5.74, 6) is 0.446. The summed E-state index contributed by atoms with van der Waals surface area (Å²) in [4.78, 5) is 19.2. The summed E-state index contributed by atoms with van der Waals surface area (Å²) in [6, 6.07) is 9.95. The minimum Gasteiger partial charge on any atom is -0.456 e. The van der Waals surface area contributed by atoms with Gasteiger partial charge in [0.1, 0.15) is 17.6 Å². The van der Waals surface area contributed by atoms with Crippen molar-refractivity contribution in [2.45, 2.75) is 37.4 Å². The number of alkyl halides is 3. The van der Waals surface area contributed by atoms with E-state index in [1.54, 1.807) is 19.1 Å². The fourth-order valence-corrected chi connectivity index (χ4v) is 4.05. The minimum absolute atomic E-state index is 0.0892. The zero-order chi connectivity index (χ0) is 23.5. The van der Waals surface area contributed by atoms with Gasteiger partial charge in [0.25, 0.3) is 5.56 Å². The molecule has 166 valence electrons. The van der Waals surface area contributed by atoms with Gasteiger partial charge < -0.3 is 9.72 Å². The molecule has 5 nitrogen and oxygen atoms in total. The maximum Gasteiger partial charge on any atom is 0.417 e. The van der Waals surface area contributed by atoms with Gasteiger partial charge in [-0.2, -0.15) is 18.4 Å². The van der Waals surface area contributed by atoms with Gasteiger partial charge >= 0.3 is 6.18 Å². The highest BCUT2D eigenvalue weighted by Gasteiger charge is 2.33. The van der Waals surface area contributed by atoms with Gasteiger partial charge in [0.05, 0.1) is 16.1 Å². The number of nitrogens with zero attached hydrogens (tertiary/aromatic N) is 2. The van der Waals surface area contributed by atoms with Crippen molar-refractivity contribution in [1.29, 1.82) is 5.26 Å². The number of nitriles is 1. The third-order valence-corrected chi connectivity index (χ3v) is 5.84. The SMILES string of the molecule is CCc1c(C)nc(SCc2ccc(Oc3ccc(Cl)c(C(F)(F)F)c3)c(C#N)c2)[nH]c1=O. The molecule has 0 saturated carbocycles. The smallest absolute Gasteiger partial charge is 0.417 e. The van der Waals surface area contributed by atoms with Crippen molar-refractivity contribution >= 4 is 23.4 Å². The molecule has 0 bridgehead atoms. The molecule has 3 rings (SSSR count). The van der Waals surface area contributed by atoms with E-state index in [4.69, 9.17) is 16.3 Å². The molecule has 0 fully saturated rings. The third kappa shape index (κ3) is 5.44. The third-order valence-electron chi connectivity index (χ3n) is 4.57. The van der Waals surface area contributed by atoms with E-state index in [2.05, 4.69) is 9.97 Å². The molecule has 1 aromatic heterocycles. The molecule has 0 unspecified atom stereocenters. The number of rotatable bonds is 6. The fourth-order valence-electron chi connectivity index (χ4n) is 2.98. The largest absolute Gasteiger partial charge is 0.456 e. The number of hydrogen-bond acceptors (Lipinski definition) is 5. The number of hydrogen-bond donors (Lipinski definition) is 1. The summed E-state index contributed by atoms with van der Waals surface area (Å²) in [7, 11) is 0. The first-order valence-electron chi connectivity index (χ1n) is 9.42. The van der Waals surface area contributed by atoms with Crippen molar-refractivity contribution in [2.75, 3.05) is 0 Å². The Morgan fingerprint density at radius 2 is 2.00 bits per heavy atom. The fraction of sp³-hybridized carbons (Fsp3) is 0.227. The van der Waals surface area contributed by atoms with Gasteiger partial charge in [0, 0.05) is 17.0 Å². The van der Waals surface area contributed by atoms with Crippen molar-refractivity contribution < 1.29 is 17.9 Å². The van der Waals surface area contributed by atoms with Crippen LogP contribution in [0.3, 0.4) is 0 Å². The van der Waals surface area contributed by atoms with Gasteiger partial charge in [-0.1, -0.05) is 36.4 Å². The van der Waals surface area contributed by atoms with E-state index < -0.39 is 16.8 Å². The monoisotopic (exact) mass is 479 g/mol. The van der Waals surface area contributed by atoms with Crippen LogP contribution in [-0.2, 0) is 18.3 Å². The van der Waals surface area contributed by atoms with Crippen LogP contribution in [0.4, 0.5) is 13.2 Å². The number of aromatic nitrogens is 2. The number of aryl methyl sites for hydroxylation is 1. The molecule has 2 aromatic carbocycles. The zero-order valence-electron chi connectivity index (χ0n) is 17.0. The highest BCUT2D eigenvalue weighted by molar-refractivity contribution is 7.98. The number of H-pyrrole nitrogens is 1. The Kier molecular flexibility index (Phi) is 7.16. The summed E-state index contributed by atoms with van der Waals surface area (Å²) in [5, 5.41) is 9.49. The quantitative estimate of drug-likeness (QED) is 0.333. The van der Waals surface area contributed by atoms with E-state index in [0.29, 0.717) is 28.6 Å². The maximum atomic E-state index is 13.1. The number of halogens is 4. The van der Waals surface area contributed by atoms with Crippen LogP contribution in [0.25, 0.3) is 0 Å². The summed E-state index contributed by atoms with van der Waals surface area (Å²) in [6.07, 6.45) is -4.04. The van der Waals surface area contributed by atoms with Crippen molar-refractivity contribution in [3.8, 4) is 17.6 Å². The lowest BCUT2D eigenvalue weighted by Crippen LogP contribution is -2.16. The first-order valence-corrected chi connectivity index (χ1v) is 10.8. The van der Waals surface area contributed by atoms with Crippen molar-refractivity contribution in [2.24, 2.45) is 0 Å². The van der Waals surface area contributed by atoms with Gasteiger partial charge in [-0.25, -0.2) is 4.98 Å². The lowest BCUT2D eigenvalue weighted by molar-refractivity contribution is -0.137. The normalized spacial score (nSPS) is 11.3. The Morgan fingerprint density at radius 1 is 1.25 bits per heavy atom. The Labute approximate surface area is 191 Å². The molecule has 0 amide bonds. The van der Waals surface area contributed by atoms with Crippen molar-refractivity contribution in [3.05, 3.63) is 79.7 Å². The maximum absolute atomic E-state index is 13.1. The van der Waals surface area contributed by atoms with Crippen LogP contribution in [0.15, 0.2) is 46.3 Å². The van der Waals surface area contributed by atoms with Gasteiger partial charge in [0.2, 0.25) is 0 Å². The average Bonchev–Trinajstić information content (AvgIpc) is 2.73. The molecule has 0 atom stereocenters. The molecule has 0 aliphatic carbocycles. The van der Waals surface area contributed by atoms with Crippen LogP contribution in [-0.4, -0.2) is 9.97 Å². The lowest BCUT2D eigenvalue weighted by atomic mass is 10.1. The molecule has 0 saturated heterocycles. The van der Waals surface area contributed by atoms with Crippen LogP contribution < -0.4 is 10.3 Å². The first-order chi connectivity index (χ1) is 15.1. The second-order valence-electron chi connectivity index (χ2n) is 6.76. The Balaban J connectivity index is 1.79. The Hall–Kier alpha value is -2.96. The van der Waals surface area contributed by atoms with Crippen molar-refractivity contribution in [3.63, 3.8) is 0 Å².